The number of nitrogens with one attached hydrogen (secondary N) is 2. The Kier molecular flexibility index (Phi) is 13.8. The summed E-state index contributed by atoms with van der Waals surface area (Å²) in [5.41, 5.74) is 10.1. The third-order valence-corrected chi connectivity index (χ3v) is 6.88. The summed E-state index contributed by atoms with van der Waals surface area (Å²) in [7, 11) is 0. The molecule has 0 spiro atoms. The molecule has 0 radical (unpaired) electrons. The Bertz CT molecular complexity index is 1150. The number of hydrogen-bond donors (Lipinski definition) is 3. The van der Waals surface area contributed by atoms with Crippen molar-refractivity contribution in [2.45, 2.75) is 80.2 Å². The smallest absolute Gasteiger partial charge is 0.326 e. The zero-order valence-corrected chi connectivity index (χ0v) is 26.5. The Balaban J connectivity index is 2.27. The molecule has 0 fully saturated rings. The summed E-state index contributed by atoms with van der Waals surface area (Å²) in [6, 6.07) is 12.5. The molecule has 232 valence electrons. The fraction of sp³-hybridized carbons (Fsp3) is 0.545. The average molecular weight is 583 g/mol. The van der Waals surface area contributed by atoms with Crippen LogP contribution in [0.25, 0.3) is 0 Å². The largest absolute Gasteiger partial charge is 0.428 e. The fourth-order valence-corrected chi connectivity index (χ4v) is 4.54. The second kappa shape index (κ2) is 16.8. The van der Waals surface area contributed by atoms with E-state index in [0.29, 0.717) is 29.6 Å². The lowest BCUT2D eigenvalue weighted by molar-refractivity contribution is -0.168. The summed E-state index contributed by atoms with van der Waals surface area (Å²) in [6.07, 6.45) is 0.767. The summed E-state index contributed by atoms with van der Waals surface area (Å²) in [5.74, 6) is -0.499. The van der Waals surface area contributed by atoms with Crippen LogP contribution in [0.5, 0.6) is 0 Å². The summed E-state index contributed by atoms with van der Waals surface area (Å²) < 4.78 is 10.2. The van der Waals surface area contributed by atoms with Crippen molar-refractivity contribution in [3.63, 3.8) is 0 Å². The normalized spacial score (nSPS) is 12.7. The van der Waals surface area contributed by atoms with E-state index in [1.807, 2.05) is 70.2 Å². The van der Waals surface area contributed by atoms with Gasteiger partial charge in [0.2, 0.25) is 6.79 Å². The predicted molar refractivity (Wildman–Crippen MR) is 170 cm³/mol. The van der Waals surface area contributed by atoms with Gasteiger partial charge in [0.15, 0.2) is 0 Å². The molecule has 0 aliphatic heterocycles. The number of carbonyl (C=O) groups is 3. The van der Waals surface area contributed by atoms with Crippen molar-refractivity contribution in [3.05, 3.63) is 53.6 Å². The molecule has 4 N–H and O–H groups in total. The molecular formula is C33H50N4O5. The van der Waals surface area contributed by atoms with E-state index in [-0.39, 0.29) is 24.3 Å². The highest BCUT2D eigenvalue weighted by molar-refractivity contribution is 6.02. The highest BCUT2D eigenvalue weighted by atomic mass is 16.7. The quantitative estimate of drug-likeness (QED) is 0.158. The third kappa shape index (κ3) is 11.4. The van der Waals surface area contributed by atoms with Gasteiger partial charge in [0.25, 0.3) is 0 Å². The molecule has 2 rings (SSSR count). The first kappa shape index (κ1) is 34.6. The van der Waals surface area contributed by atoms with Gasteiger partial charge in [-0.2, -0.15) is 0 Å². The Hall–Kier alpha value is -3.59. The predicted octanol–water partition coefficient (Wildman–Crippen LogP) is 6.67. The molecule has 2 atom stereocenters. The fourth-order valence-electron chi connectivity index (χ4n) is 4.54. The van der Waals surface area contributed by atoms with Gasteiger partial charge in [0.1, 0.15) is 6.04 Å². The lowest BCUT2D eigenvalue weighted by Crippen LogP contribution is -2.37. The highest BCUT2D eigenvalue weighted by Crippen LogP contribution is 2.34. The van der Waals surface area contributed by atoms with Crippen LogP contribution in [0.3, 0.4) is 0 Å². The number of hydrogen-bond acceptors (Lipinski definition) is 7. The lowest BCUT2D eigenvalue weighted by Gasteiger charge is -2.31. The molecular weight excluding hydrogens is 532 g/mol. The van der Waals surface area contributed by atoms with Crippen LogP contribution >= 0.6 is 0 Å². The molecule has 2 aromatic carbocycles. The molecule has 1 unspecified atom stereocenters. The van der Waals surface area contributed by atoms with E-state index in [4.69, 9.17) is 15.2 Å². The van der Waals surface area contributed by atoms with Crippen molar-refractivity contribution < 1.29 is 23.9 Å². The van der Waals surface area contributed by atoms with E-state index in [9.17, 15) is 14.4 Å². The number of esters is 2. The van der Waals surface area contributed by atoms with E-state index in [0.717, 1.165) is 29.9 Å². The first-order valence-electron chi connectivity index (χ1n) is 14.9. The Labute approximate surface area is 251 Å². The zero-order valence-electron chi connectivity index (χ0n) is 26.5. The SMILES string of the molecule is CCC(CC(=O)OCOC(=O)[C@H](N)C(C)C)c1ccc(N(CC(C)C)CC(C)C)c(NC(=O)Nc2ccc(C)cc2)c1. The van der Waals surface area contributed by atoms with Gasteiger partial charge in [0.05, 0.1) is 17.8 Å². The molecule has 42 heavy (non-hydrogen) atoms. The molecule has 0 aromatic heterocycles. The number of rotatable bonds is 15. The van der Waals surface area contributed by atoms with E-state index in [1.165, 1.54) is 0 Å². The van der Waals surface area contributed by atoms with Crippen LogP contribution in [0, 0.1) is 24.7 Å². The number of nitrogens with two attached hydrogens (primary N) is 1. The van der Waals surface area contributed by atoms with Crippen molar-refractivity contribution in [2.24, 2.45) is 23.5 Å². The number of nitrogens with zero attached hydrogens (tertiary/aromatic N) is 1. The van der Waals surface area contributed by atoms with Gasteiger partial charge in [-0.15, -0.1) is 0 Å². The minimum absolute atomic E-state index is 0.0839. The molecule has 0 bridgehead atoms. The van der Waals surface area contributed by atoms with Gasteiger partial charge in [-0.05, 0) is 66.8 Å². The lowest BCUT2D eigenvalue weighted by atomic mass is 9.92. The summed E-state index contributed by atoms with van der Waals surface area (Å²) >= 11 is 0. The van der Waals surface area contributed by atoms with Crippen LogP contribution in [0.2, 0.25) is 0 Å². The number of aryl methyl sites for hydroxylation is 1. The number of ether oxygens (including phenoxy) is 2. The summed E-state index contributed by atoms with van der Waals surface area (Å²) in [6.45, 7) is 17.5. The van der Waals surface area contributed by atoms with Gasteiger partial charge in [-0.1, -0.05) is 72.2 Å². The molecule has 0 heterocycles. The average Bonchev–Trinajstić information content (AvgIpc) is 2.91. The summed E-state index contributed by atoms with van der Waals surface area (Å²) in [5, 5.41) is 5.98. The number of carbonyl (C=O) groups excluding carboxylic acids is 3. The maximum Gasteiger partial charge on any atom is 0.326 e. The van der Waals surface area contributed by atoms with E-state index in [1.54, 1.807) is 0 Å². The van der Waals surface area contributed by atoms with Gasteiger partial charge in [0, 0.05) is 18.8 Å². The third-order valence-electron chi connectivity index (χ3n) is 6.88. The molecule has 0 aliphatic carbocycles. The first-order chi connectivity index (χ1) is 19.8. The van der Waals surface area contributed by atoms with Crippen molar-refractivity contribution >= 4 is 35.0 Å². The van der Waals surface area contributed by atoms with Crippen LogP contribution in [0.4, 0.5) is 21.9 Å². The van der Waals surface area contributed by atoms with Crippen molar-refractivity contribution in [1.29, 1.82) is 0 Å². The first-order valence-corrected chi connectivity index (χ1v) is 14.9. The van der Waals surface area contributed by atoms with E-state index in [2.05, 4.69) is 43.2 Å². The topological polar surface area (TPSA) is 123 Å². The molecule has 0 aliphatic rings. The Morgan fingerprint density at radius 1 is 0.881 bits per heavy atom. The maximum absolute atomic E-state index is 13.1. The number of urea groups is 1. The van der Waals surface area contributed by atoms with Crippen molar-refractivity contribution in [1.82, 2.24) is 0 Å². The molecule has 2 aromatic rings. The molecule has 0 saturated carbocycles. The van der Waals surface area contributed by atoms with Crippen molar-refractivity contribution in [3.8, 4) is 0 Å². The molecule has 9 heteroatoms. The van der Waals surface area contributed by atoms with Gasteiger partial charge in [-0.25, -0.2) is 4.79 Å². The van der Waals surface area contributed by atoms with Crippen molar-refractivity contribution in [2.75, 3.05) is 35.4 Å². The summed E-state index contributed by atoms with van der Waals surface area (Å²) in [4.78, 5) is 40.0. The van der Waals surface area contributed by atoms with E-state index >= 15 is 0 Å². The molecule has 2 amide bonds. The van der Waals surface area contributed by atoms with Gasteiger partial charge >= 0.3 is 18.0 Å². The second-order valence-corrected chi connectivity index (χ2v) is 12.1. The zero-order chi connectivity index (χ0) is 31.4. The van der Waals surface area contributed by atoms with Gasteiger partial charge < -0.3 is 30.7 Å². The maximum atomic E-state index is 13.1. The van der Waals surface area contributed by atoms with Crippen LogP contribution in [-0.2, 0) is 19.1 Å². The Morgan fingerprint density at radius 3 is 2.05 bits per heavy atom. The minimum atomic E-state index is -0.773. The van der Waals surface area contributed by atoms with Crippen LogP contribution in [-0.4, -0.2) is 43.9 Å². The van der Waals surface area contributed by atoms with Gasteiger partial charge in [-0.3, -0.25) is 9.59 Å². The molecule has 9 nitrogen and oxygen atoms in total. The van der Waals surface area contributed by atoms with Crippen LogP contribution < -0.4 is 21.3 Å². The monoisotopic (exact) mass is 582 g/mol. The highest BCUT2D eigenvalue weighted by Gasteiger charge is 2.22. The number of amides is 2. The standard InChI is InChI=1S/C33H50N4O5/c1-9-25(17-30(38)41-20-42-32(39)31(34)23(6)7)26-12-15-29(37(18-21(2)3)19-22(4)5)28(16-26)36-33(40)35-27-13-10-24(8)11-14-27/h10-16,21-23,25,31H,9,17-20,34H2,1-8H3,(H2,35,36,40)/t25?,31-/m1/s1. The van der Waals surface area contributed by atoms with Crippen LogP contribution in [0.1, 0.15) is 78.4 Å². The Morgan fingerprint density at radius 2 is 1.50 bits per heavy atom. The van der Waals surface area contributed by atoms with Crippen LogP contribution in [0.15, 0.2) is 42.5 Å². The minimum Gasteiger partial charge on any atom is -0.428 e. The van der Waals surface area contributed by atoms with E-state index < -0.39 is 24.8 Å². The molecule has 0 saturated heterocycles. The number of anilines is 3. The number of benzene rings is 2. The second-order valence-electron chi connectivity index (χ2n) is 12.1.